The van der Waals surface area contributed by atoms with Gasteiger partial charge in [0.05, 0.1) is 0 Å². The maximum absolute atomic E-state index is 10.7. The van der Waals surface area contributed by atoms with Crippen LogP contribution in [-0.2, 0) is 11.2 Å². The molecule has 0 saturated heterocycles. The zero-order chi connectivity index (χ0) is 14.3. The van der Waals surface area contributed by atoms with Gasteiger partial charge in [-0.05, 0) is 24.8 Å². The molecule has 0 saturated carbocycles. The van der Waals surface area contributed by atoms with Crippen LogP contribution in [0.1, 0.15) is 32.8 Å². The lowest BCUT2D eigenvalue weighted by molar-refractivity contribution is -0.129. The van der Waals surface area contributed by atoms with Crippen LogP contribution < -0.4 is 0 Å². The van der Waals surface area contributed by atoms with Gasteiger partial charge < -0.3 is 5.11 Å². The van der Waals surface area contributed by atoms with Crippen LogP contribution in [-0.4, -0.2) is 22.5 Å². The van der Waals surface area contributed by atoms with Crippen LogP contribution in [0, 0.1) is 5.92 Å². The Kier molecular flexibility index (Phi) is 5.93. The summed E-state index contributed by atoms with van der Waals surface area (Å²) < 4.78 is 0. The van der Waals surface area contributed by atoms with Crippen molar-refractivity contribution < 1.29 is 9.90 Å². The second-order valence-electron chi connectivity index (χ2n) is 4.55. The summed E-state index contributed by atoms with van der Waals surface area (Å²) in [6.07, 6.45) is 1.65. The van der Waals surface area contributed by atoms with Gasteiger partial charge in [0.15, 0.2) is 0 Å². The third-order valence-corrected chi connectivity index (χ3v) is 3.05. The topological polar surface area (TPSA) is 62.0 Å². The van der Waals surface area contributed by atoms with Crippen LogP contribution in [0.3, 0.4) is 0 Å². The van der Waals surface area contributed by atoms with Crippen molar-refractivity contribution >= 4 is 17.4 Å². The van der Waals surface area contributed by atoms with Gasteiger partial charge in [0, 0.05) is 12.1 Å². The third-order valence-electron chi connectivity index (χ3n) is 3.05. The molecule has 0 radical (unpaired) electrons. The highest BCUT2D eigenvalue weighted by molar-refractivity contribution is 6.34. The van der Waals surface area contributed by atoms with E-state index in [0.717, 1.165) is 17.7 Å². The summed E-state index contributed by atoms with van der Waals surface area (Å²) >= 11 is 0. The molecule has 0 bridgehead atoms. The van der Waals surface area contributed by atoms with Gasteiger partial charge in [0.25, 0.3) is 0 Å². The largest absolute Gasteiger partial charge is 0.477 e. The van der Waals surface area contributed by atoms with Gasteiger partial charge in [-0.3, -0.25) is 0 Å². The van der Waals surface area contributed by atoms with Gasteiger partial charge in [0.2, 0.25) is 0 Å². The number of carbonyl (C=O) groups is 1. The Morgan fingerprint density at radius 2 is 1.89 bits per heavy atom. The number of nitrogens with zero attached hydrogens (tertiary/aromatic N) is 2. The Balaban J connectivity index is 2.93. The van der Waals surface area contributed by atoms with Crippen molar-refractivity contribution in [3.63, 3.8) is 0 Å². The Hall–Kier alpha value is -1.97. The van der Waals surface area contributed by atoms with E-state index in [2.05, 4.69) is 24.1 Å². The summed E-state index contributed by atoms with van der Waals surface area (Å²) in [5.74, 6) is -0.752. The minimum Gasteiger partial charge on any atom is -0.477 e. The summed E-state index contributed by atoms with van der Waals surface area (Å²) in [4.78, 5) is 10.7. The molecule has 0 fully saturated rings. The molecular formula is C15H20N2O2. The number of hydrogen-bond donors (Lipinski definition) is 1. The molecule has 19 heavy (non-hydrogen) atoms. The number of carboxylic acids is 1. The Morgan fingerprint density at radius 1 is 1.26 bits per heavy atom. The molecule has 0 aliphatic rings. The van der Waals surface area contributed by atoms with Gasteiger partial charge in [-0.1, -0.05) is 44.2 Å². The van der Waals surface area contributed by atoms with E-state index >= 15 is 0 Å². The number of carboxylic acid groups (broad SMARTS) is 1. The predicted octanol–water partition coefficient (Wildman–Crippen LogP) is 3.18. The average Bonchev–Trinajstić information content (AvgIpc) is 2.43. The molecular weight excluding hydrogens is 240 g/mol. The Morgan fingerprint density at radius 3 is 2.42 bits per heavy atom. The second kappa shape index (κ2) is 7.46. The summed E-state index contributed by atoms with van der Waals surface area (Å²) in [5, 5.41) is 16.7. The number of aliphatic carboxylic acids is 1. The van der Waals surface area contributed by atoms with Crippen molar-refractivity contribution in [2.24, 2.45) is 16.1 Å². The van der Waals surface area contributed by atoms with E-state index in [1.165, 1.54) is 6.92 Å². The monoisotopic (exact) mass is 260 g/mol. The van der Waals surface area contributed by atoms with Crippen molar-refractivity contribution in [1.29, 1.82) is 0 Å². The summed E-state index contributed by atoms with van der Waals surface area (Å²) in [5.41, 5.74) is 2.08. The van der Waals surface area contributed by atoms with E-state index in [0.29, 0.717) is 6.42 Å². The van der Waals surface area contributed by atoms with E-state index in [9.17, 15) is 4.79 Å². The molecule has 102 valence electrons. The predicted molar refractivity (Wildman–Crippen MR) is 77.8 cm³/mol. The lowest BCUT2D eigenvalue weighted by Gasteiger charge is -2.11. The molecule has 1 N–H and O–H groups in total. The van der Waals surface area contributed by atoms with Gasteiger partial charge in [-0.2, -0.15) is 5.10 Å². The first-order valence-electron chi connectivity index (χ1n) is 6.42. The molecule has 0 aromatic heterocycles. The van der Waals surface area contributed by atoms with Crippen LogP contribution in [0.5, 0.6) is 0 Å². The Labute approximate surface area is 113 Å². The molecule has 4 nitrogen and oxygen atoms in total. The molecule has 0 heterocycles. The zero-order valence-electron chi connectivity index (χ0n) is 11.6. The fourth-order valence-corrected chi connectivity index (χ4v) is 1.53. The van der Waals surface area contributed by atoms with Crippen LogP contribution in [0.25, 0.3) is 0 Å². The van der Waals surface area contributed by atoms with Crippen LogP contribution in [0.2, 0.25) is 0 Å². The van der Waals surface area contributed by atoms with E-state index in [1.54, 1.807) is 0 Å². The molecule has 0 aliphatic carbocycles. The molecule has 0 amide bonds. The van der Waals surface area contributed by atoms with E-state index in [1.807, 2.05) is 30.3 Å². The molecule has 1 rings (SSSR count). The lowest BCUT2D eigenvalue weighted by atomic mass is 9.96. The maximum atomic E-state index is 10.7. The van der Waals surface area contributed by atoms with E-state index < -0.39 is 5.97 Å². The van der Waals surface area contributed by atoms with E-state index in [-0.39, 0.29) is 11.6 Å². The smallest absolute Gasteiger partial charge is 0.351 e. The normalized spacial score (nSPS) is 14.3. The fraction of sp³-hybridized carbons (Fsp3) is 0.400. The zero-order valence-corrected chi connectivity index (χ0v) is 11.6. The molecule has 4 heteroatoms. The Bertz CT molecular complexity index is 478. The van der Waals surface area contributed by atoms with Gasteiger partial charge in [0.1, 0.15) is 5.71 Å². The average molecular weight is 260 g/mol. The van der Waals surface area contributed by atoms with Crippen molar-refractivity contribution in [1.82, 2.24) is 0 Å². The molecule has 1 aromatic rings. The van der Waals surface area contributed by atoms with Gasteiger partial charge in [-0.15, -0.1) is 5.10 Å². The first kappa shape index (κ1) is 15.1. The number of hydrogen-bond acceptors (Lipinski definition) is 3. The highest BCUT2D eigenvalue weighted by Gasteiger charge is 2.10. The minimum absolute atomic E-state index is 0.00821. The van der Waals surface area contributed by atoms with Crippen LogP contribution in [0.15, 0.2) is 40.5 Å². The summed E-state index contributed by atoms with van der Waals surface area (Å²) in [7, 11) is 0. The first-order chi connectivity index (χ1) is 9.04. The molecule has 1 unspecified atom stereocenters. The van der Waals surface area contributed by atoms with Crippen LogP contribution in [0.4, 0.5) is 0 Å². The number of benzene rings is 1. The molecule has 0 aliphatic heterocycles. The third kappa shape index (κ3) is 5.04. The quantitative estimate of drug-likeness (QED) is 0.630. The fourth-order valence-electron chi connectivity index (χ4n) is 1.53. The SMILES string of the molecule is CCC(C)/C(Cc1ccccc1)=N\N=C(/C)C(=O)O. The van der Waals surface area contributed by atoms with Crippen molar-refractivity contribution in [3.05, 3.63) is 35.9 Å². The van der Waals surface area contributed by atoms with Gasteiger partial charge >= 0.3 is 5.97 Å². The first-order valence-corrected chi connectivity index (χ1v) is 6.42. The van der Waals surface area contributed by atoms with Crippen LogP contribution >= 0.6 is 0 Å². The molecule has 1 atom stereocenters. The second-order valence-corrected chi connectivity index (χ2v) is 4.55. The lowest BCUT2D eigenvalue weighted by Crippen LogP contribution is -2.14. The van der Waals surface area contributed by atoms with Crippen molar-refractivity contribution in [2.75, 3.05) is 0 Å². The van der Waals surface area contributed by atoms with Gasteiger partial charge in [-0.25, -0.2) is 4.79 Å². The summed E-state index contributed by atoms with van der Waals surface area (Å²) in [6, 6.07) is 10.00. The summed E-state index contributed by atoms with van der Waals surface area (Å²) in [6.45, 7) is 5.61. The highest BCUT2D eigenvalue weighted by Crippen LogP contribution is 2.11. The number of rotatable bonds is 6. The highest BCUT2D eigenvalue weighted by atomic mass is 16.4. The standard InChI is InChI=1S/C15H20N2O2/c1-4-11(2)14(17-16-12(3)15(18)19)10-13-8-6-5-7-9-13/h5-9,11H,4,10H2,1-3H3,(H,18,19)/b16-12+,17-14-. The van der Waals surface area contributed by atoms with Crippen molar-refractivity contribution in [2.45, 2.75) is 33.6 Å². The molecule has 0 spiro atoms. The minimum atomic E-state index is -1.04. The molecule has 1 aromatic carbocycles. The van der Waals surface area contributed by atoms with E-state index in [4.69, 9.17) is 5.11 Å². The maximum Gasteiger partial charge on any atom is 0.351 e. The van der Waals surface area contributed by atoms with Crippen molar-refractivity contribution in [3.8, 4) is 0 Å².